The summed E-state index contributed by atoms with van der Waals surface area (Å²) < 4.78 is 39.3. The van der Waals surface area contributed by atoms with E-state index in [0.29, 0.717) is 5.56 Å². The average molecular weight is 322 g/mol. The van der Waals surface area contributed by atoms with Gasteiger partial charge in [-0.25, -0.2) is 4.98 Å². The zero-order chi connectivity index (χ0) is 16.8. The number of aromatic nitrogens is 1. The van der Waals surface area contributed by atoms with Gasteiger partial charge in [0.25, 0.3) is 5.91 Å². The molecule has 120 valence electrons. The molecule has 0 fully saturated rings. The molecule has 0 saturated carbocycles. The highest BCUT2D eigenvalue weighted by Crippen LogP contribution is 2.38. The van der Waals surface area contributed by atoms with Gasteiger partial charge in [-0.1, -0.05) is 6.07 Å². The molecule has 3 rings (SSSR count). The standard InChI is InChI=1S/C16H13F3N2O2/c1-9(22)10-5-6-20-14(7-10)21-8-12-11(15(21)23)3-2-4-13(12)16(17,18)19/h2-7,9,22H,8H2,1H3/t9-/m1/s1. The van der Waals surface area contributed by atoms with Crippen LogP contribution in [0.2, 0.25) is 0 Å². The van der Waals surface area contributed by atoms with Crippen LogP contribution in [0.1, 0.15) is 40.1 Å². The fourth-order valence-corrected chi connectivity index (χ4v) is 2.63. The van der Waals surface area contributed by atoms with Crippen LogP contribution in [-0.4, -0.2) is 16.0 Å². The van der Waals surface area contributed by atoms with Crippen LogP contribution >= 0.6 is 0 Å². The number of alkyl halides is 3. The lowest BCUT2D eigenvalue weighted by Crippen LogP contribution is -2.24. The molecule has 2 aromatic rings. The minimum Gasteiger partial charge on any atom is -0.389 e. The van der Waals surface area contributed by atoms with Gasteiger partial charge in [0.15, 0.2) is 0 Å². The summed E-state index contributed by atoms with van der Waals surface area (Å²) in [5.74, 6) is -0.306. The number of nitrogens with zero attached hydrogens (tertiary/aromatic N) is 2. The predicted molar refractivity (Wildman–Crippen MR) is 76.8 cm³/mol. The monoisotopic (exact) mass is 322 g/mol. The molecular formula is C16H13F3N2O2. The molecule has 1 aromatic carbocycles. The highest BCUT2D eigenvalue weighted by Gasteiger charge is 2.39. The molecule has 1 aliphatic rings. The SMILES string of the molecule is C[C@@H](O)c1ccnc(N2Cc3c(cccc3C(F)(F)F)C2=O)c1. The second-order valence-corrected chi connectivity index (χ2v) is 5.34. The number of rotatable bonds is 2. The molecule has 1 aromatic heterocycles. The molecule has 2 heterocycles. The van der Waals surface area contributed by atoms with Crippen LogP contribution in [0.5, 0.6) is 0 Å². The number of hydrogen-bond donors (Lipinski definition) is 1. The maximum absolute atomic E-state index is 13.1. The van der Waals surface area contributed by atoms with Crippen LogP contribution in [0.15, 0.2) is 36.5 Å². The van der Waals surface area contributed by atoms with E-state index in [-0.39, 0.29) is 23.5 Å². The van der Waals surface area contributed by atoms with E-state index in [1.807, 2.05) is 0 Å². The maximum Gasteiger partial charge on any atom is 0.416 e. The van der Waals surface area contributed by atoms with E-state index in [4.69, 9.17) is 0 Å². The summed E-state index contributed by atoms with van der Waals surface area (Å²) in [5, 5.41) is 9.60. The minimum absolute atomic E-state index is 0.0316. The number of aliphatic hydroxyl groups excluding tert-OH is 1. The molecule has 1 amide bonds. The van der Waals surface area contributed by atoms with E-state index >= 15 is 0 Å². The van der Waals surface area contributed by atoms with Crippen LogP contribution in [-0.2, 0) is 12.7 Å². The number of fused-ring (bicyclic) bond motifs is 1. The molecule has 0 radical (unpaired) electrons. The van der Waals surface area contributed by atoms with Crippen molar-refractivity contribution in [2.45, 2.75) is 25.7 Å². The normalized spacial score (nSPS) is 15.7. The van der Waals surface area contributed by atoms with Gasteiger partial charge in [-0.15, -0.1) is 0 Å². The number of amides is 1. The maximum atomic E-state index is 13.1. The quantitative estimate of drug-likeness (QED) is 0.923. The summed E-state index contributed by atoms with van der Waals surface area (Å²) in [5.41, 5.74) is -0.286. The lowest BCUT2D eigenvalue weighted by atomic mass is 10.0. The van der Waals surface area contributed by atoms with Gasteiger partial charge in [0, 0.05) is 11.8 Å². The van der Waals surface area contributed by atoms with Crippen molar-refractivity contribution in [3.8, 4) is 0 Å². The lowest BCUT2D eigenvalue weighted by molar-refractivity contribution is -0.138. The summed E-state index contributed by atoms with van der Waals surface area (Å²) in [6, 6.07) is 6.66. The number of carbonyl (C=O) groups excluding carboxylic acids is 1. The van der Waals surface area contributed by atoms with Gasteiger partial charge in [-0.05, 0) is 42.3 Å². The van der Waals surface area contributed by atoms with Crippen molar-refractivity contribution in [3.05, 3.63) is 58.8 Å². The first-order chi connectivity index (χ1) is 10.8. The van der Waals surface area contributed by atoms with Crippen molar-refractivity contribution in [1.82, 2.24) is 4.98 Å². The molecule has 1 atom stereocenters. The molecule has 1 N–H and O–H groups in total. The van der Waals surface area contributed by atoms with E-state index in [2.05, 4.69) is 4.98 Å². The zero-order valence-electron chi connectivity index (χ0n) is 12.1. The fraction of sp³-hybridized carbons (Fsp3) is 0.250. The van der Waals surface area contributed by atoms with Crippen molar-refractivity contribution in [2.75, 3.05) is 4.90 Å². The number of pyridine rings is 1. The molecule has 7 heteroatoms. The Kier molecular flexibility index (Phi) is 3.60. The fourth-order valence-electron chi connectivity index (χ4n) is 2.63. The summed E-state index contributed by atoms with van der Waals surface area (Å²) in [6.45, 7) is 1.36. The van der Waals surface area contributed by atoms with Crippen molar-refractivity contribution >= 4 is 11.7 Å². The molecule has 1 aliphatic heterocycles. The molecule has 0 unspecified atom stereocenters. The molecule has 0 saturated heterocycles. The number of hydrogen-bond acceptors (Lipinski definition) is 3. The molecule has 4 nitrogen and oxygen atoms in total. The van der Waals surface area contributed by atoms with Gasteiger partial charge in [-0.3, -0.25) is 9.69 Å². The van der Waals surface area contributed by atoms with Gasteiger partial charge < -0.3 is 5.11 Å². The third kappa shape index (κ3) is 2.68. The summed E-state index contributed by atoms with van der Waals surface area (Å²) >= 11 is 0. The number of halogens is 3. The second kappa shape index (κ2) is 5.34. The Labute approximate surface area is 130 Å². The first kappa shape index (κ1) is 15.5. The Bertz CT molecular complexity index is 772. The summed E-state index contributed by atoms with van der Waals surface area (Å²) in [4.78, 5) is 17.6. The number of aliphatic hydroxyl groups is 1. The molecule has 0 bridgehead atoms. The topological polar surface area (TPSA) is 53.4 Å². The smallest absolute Gasteiger partial charge is 0.389 e. The van der Waals surface area contributed by atoms with Gasteiger partial charge in [0.05, 0.1) is 18.2 Å². The Hall–Kier alpha value is -2.41. The Morgan fingerprint density at radius 3 is 2.70 bits per heavy atom. The van der Waals surface area contributed by atoms with Crippen molar-refractivity contribution in [3.63, 3.8) is 0 Å². The van der Waals surface area contributed by atoms with Gasteiger partial charge in [-0.2, -0.15) is 13.2 Å². The molecule has 0 spiro atoms. The highest BCUT2D eigenvalue weighted by atomic mass is 19.4. The molecular weight excluding hydrogens is 309 g/mol. The highest BCUT2D eigenvalue weighted by molar-refractivity contribution is 6.09. The third-order valence-corrected chi connectivity index (χ3v) is 3.80. The number of benzene rings is 1. The number of anilines is 1. The minimum atomic E-state index is -4.52. The number of carbonyl (C=O) groups is 1. The molecule has 0 aliphatic carbocycles. The van der Waals surface area contributed by atoms with Crippen LogP contribution in [0, 0.1) is 0 Å². The van der Waals surface area contributed by atoms with Gasteiger partial charge in [0.2, 0.25) is 0 Å². The Morgan fingerprint density at radius 1 is 1.30 bits per heavy atom. The first-order valence-electron chi connectivity index (χ1n) is 6.94. The van der Waals surface area contributed by atoms with Gasteiger partial charge in [0.1, 0.15) is 5.82 Å². The van der Waals surface area contributed by atoms with Crippen molar-refractivity contribution in [2.24, 2.45) is 0 Å². The second-order valence-electron chi connectivity index (χ2n) is 5.34. The lowest BCUT2D eigenvalue weighted by Gasteiger charge is -2.16. The first-order valence-corrected chi connectivity index (χ1v) is 6.94. The Morgan fingerprint density at radius 2 is 2.04 bits per heavy atom. The van der Waals surface area contributed by atoms with Crippen molar-refractivity contribution < 1.29 is 23.1 Å². The van der Waals surface area contributed by atoms with Crippen LogP contribution in [0.4, 0.5) is 19.0 Å². The van der Waals surface area contributed by atoms with E-state index in [9.17, 15) is 23.1 Å². The average Bonchev–Trinajstić information content (AvgIpc) is 2.83. The van der Waals surface area contributed by atoms with Crippen LogP contribution in [0.3, 0.4) is 0 Å². The van der Waals surface area contributed by atoms with Crippen LogP contribution in [0.25, 0.3) is 0 Å². The zero-order valence-corrected chi connectivity index (χ0v) is 12.1. The molecule has 23 heavy (non-hydrogen) atoms. The van der Waals surface area contributed by atoms with Crippen molar-refractivity contribution in [1.29, 1.82) is 0 Å². The van der Waals surface area contributed by atoms with E-state index < -0.39 is 23.8 Å². The predicted octanol–water partition coefficient (Wildman–Crippen LogP) is 3.31. The van der Waals surface area contributed by atoms with Crippen LogP contribution < -0.4 is 4.90 Å². The summed E-state index contributed by atoms with van der Waals surface area (Å²) in [6.07, 6.45) is -3.86. The van der Waals surface area contributed by atoms with E-state index in [0.717, 1.165) is 6.07 Å². The largest absolute Gasteiger partial charge is 0.416 e. The summed E-state index contributed by atoms with van der Waals surface area (Å²) in [7, 11) is 0. The van der Waals surface area contributed by atoms with E-state index in [1.165, 1.54) is 29.3 Å². The van der Waals surface area contributed by atoms with Gasteiger partial charge >= 0.3 is 6.18 Å². The van der Waals surface area contributed by atoms with E-state index in [1.54, 1.807) is 13.0 Å². The third-order valence-electron chi connectivity index (χ3n) is 3.80. The Balaban J connectivity index is 2.03.